The fourth-order valence-corrected chi connectivity index (χ4v) is 4.39. The van der Waals surface area contributed by atoms with Gasteiger partial charge in [0.05, 0.1) is 18.2 Å². The summed E-state index contributed by atoms with van der Waals surface area (Å²) in [7, 11) is 1.26. The number of alkyl halides is 3. The van der Waals surface area contributed by atoms with Crippen LogP contribution >= 0.6 is 11.6 Å². The van der Waals surface area contributed by atoms with Crippen LogP contribution in [0.25, 0.3) is 0 Å². The van der Waals surface area contributed by atoms with Gasteiger partial charge in [0.15, 0.2) is 6.35 Å². The van der Waals surface area contributed by atoms with Crippen molar-refractivity contribution in [3.63, 3.8) is 0 Å². The molecule has 0 radical (unpaired) electrons. The first kappa shape index (κ1) is 25.4. The number of rotatable bonds is 8. The summed E-state index contributed by atoms with van der Waals surface area (Å²) in [4.78, 5) is 12.4. The topological polar surface area (TPSA) is 91.9 Å². The summed E-state index contributed by atoms with van der Waals surface area (Å²) in [6, 6.07) is 4.65. The third kappa shape index (κ3) is 5.45. The number of hydrogen-bond acceptors (Lipinski definition) is 6. The zero-order chi connectivity index (χ0) is 25.5. The van der Waals surface area contributed by atoms with E-state index < -0.39 is 53.5 Å². The molecule has 0 aromatic heterocycles. The van der Waals surface area contributed by atoms with E-state index in [1.54, 1.807) is 0 Å². The van der Waals surface area contributed by atoms with Crippen LogP contribution in [-0.4, -0.2) is 43.4 Å². The Bertz CT molecular complexity index is 1110. The number of carbonyl (C=O) groups is 1. The lowest BCUT2D eigenvalue weighted by Gasteiger charge is -2.27. The van der Waals surface area contributed by atoms with Crippen LogP contribution in [0, 0.1) is 11.6 Å². The van der Waals surface area contributed by atoms with Crippen LogP contribution in [0.1, 0.15) is 29.9 Å². The molecule has 0 bridgehead atoms. The Balaban J connectivity index is 1.51. The molecule has 2 aromatic carbocycles. The minimum Gasteiger partial charge on any atom is -0.497 e. The van der Waals surface area contributed by atoms with Gasteiger partial charge >= 0.3 is 6.36 Å². The maximum atomic E-state index is 14.6. The van der Waals surface area contributed by atoms with Crippen LogP contribution in [0.3, 0.4) is 0 Å². The molecule has 35 heavy (non-hydrogen) atoms. The van der Waals surface area contributed by atoms with Crippen molar-refractivity contribution in [1.82, 2.24) is 16.0 Å². The van der Waals surface area contributed by atoms with Crippen LogP contribution in [0.5, 0.6) is 11.5 Å². The molecule has 2 aromatic rings. The molecule has 4 N–H and O–H groups in total. The monoisotopic (exact) mass is 521 g/mol. The largest absolute Gasteiger partial charge is 0.573 e. The summed E-state index contributed by atoms with van der Waals surface area (Å²) >= 11 is 5.81. The maximum absolute atomic E-state index is 14.6. The summed E-state index contributed by atoms with van der Waals surface area (Å²) in [5.41, 5.74) is -0.884. The zero-order valence-electron chi connectivity index (χ0n) is 18.2. The van der Waals surface area contributed by atoms with Gasteiger partial charge in [0.1, 0.15) is 23.1 Å². The molecule has 1 aliphatic carbocycles. The van der Waals surface area contributed by atoms with Gasteiger partial charge in [-0.1, -0.05) is 17.7 Å². The van der Waals surface area contributed by atoms with Crippen LogP contribution < -0.4 is 25.4 Å². The molecule has 1 saturated heterocycles. The maximum Gasteiger partial charge on any atom is 0.573 e. The summed E-state index contributed by atoms with van der Waals surface area (Å²) in [6.07, 6.45) is -5.56. The lowest BCUT2D eigenvalue weighted by molar-refractivity contribution is -0.274. The molecule has 1 saturated carbocycles. The molecule has 2 aliphatic rings. The van der Waals surface area contributed by atoms with Gasteiger partial charge in [-0.15, -0.1) is 13.2 Å². The number of methoxy groups -OCH3 is 1. The lowest BCUT2D eigenvalue weighted by Crippen LogP contribution is -2.54. The number of aliphatic hydroxyl groups is 1. The molecule has 2 fully saturated rings. The molecule has 0 spiro atoms. The Morgan fingerprint density at radius 3 is 2.43 bits per heavy atom. The molecular weight excluding hydrogens is 501 g/mol. The van der Waals surface area contributed by atoms with Crippen molar-refractivity contribution < 1.29 is 41.3 Å². The second-order valence-electron chi connectivity index (χ2n) is 8.32. The van der Waals surface area contributed by atoms with Gasteiger partial charge in [0.2, 0.25) is 5.91 Å². The molecule has 13 heteroatoms. The van der Waals surface area contributed by atoms with E-state index in [1.807, 2.05) is 0 Å². The van der Waals surface area contributed by atoms with E-state index >= 15 is 0 Å². The number of halogens is 6. The summed E-state index contributed by atoms with van der Waals surface area (Å²) in [5, 5.41) is 18.3. The number of hydrogen-bond donors (Lipinski definition) is 4. The lowest BCUT2D eigenvalue weighted by atomic mass is 9.92. The van der Waals surface area contributed by atoms with Crippen LogP contribution in [0.15, 0.2) is 30.3 Å². The van der Waals surface area contributed by atoms with Crippen molar-refractivity contribution in [2.45, 2.75) is 43.1 Å². The van der Waals surface area contributed by atoms with Gasteiger partial charge in [-0.2, -0.15) is 0 Å². The highest BCUT2D eigenvalue weighted by Gasteiger charge is 2.47. The molecule has 1 amide bonds. The Kier molecular flexibility index (Phi) is 6.84. The number of carbonyl (C=O) groups excluding carboxylic acids is 1. The number of amides is 1. The highest BCUT2D eigenvalue weighted by atomic mass is 35.5. The second-order valence-corrected chi connectivity index (χ2v) is 8.73. The average Bonchev–Trinajstić information content (AvgIpc) is 3.46. The standard InChI is InChI=1S/C22H21ClF5N3O4/c1-34-11-7-14(24)17(15(25)8-11)12-9-29-19(32)18(12)30-20(33)31-21(4-5-21)10-2-3-13(23)16(6-10)35-22(26,27)28/h2-3,6-8,12,18,20,30-31,33H,4-5,9H2,1H3,(H,29,32)/t12-,18-,20?/m0/s1. The van der Waals surface area contributed by atoms with Crippen molar-refractivity contribution in [3.8, 4) is 11.5 Å². The number of benzene rings is 2. The number of nitrogens with one attached hydrogen (secondary N) is 3. The molecule has 1 unspecified atom stereocenters. The summed E-state index contributed by atoms with van der Waals surface area (Å²) in [6.45, 7) is -0.0795. The van der Waals surface area contributed by atoms with E-state index in [0.29, 0.717) is 18.4 Å². The van der Waals surface area contributed by atoms with Crippen LogP contribution in [0.4, 0.5) is 22.0 Å². The summed E-state index contributed by atoms with van der Waals surface area (Å²) < 4.78 is 76.0. The van der Waals surface area contributed by atoms with Gasteiger partial charge in [-0.05, 0) is 30.5 Å². The molecule has 1 heterocycles. The molecular formula is C22H21ClF5N3O4. The minimum absolute atomic E-state index is 0.0280. The minimum atomic E-state index is -4.94. The predicted molar refractivity (Wildman–Crippen MR) is 114 cm³/mol. The zero-order valence-corrected chi connectivity index (χ0v) is 18.9. The molecule has 7 nitrogen and oxygen atoms in total. The average molecular weight is 522 g/mol. The van der Waals surface area contributed by atoms with Gasteiger partial charge in [0, 0.05) is 35.7 Å². The predicted octanol–water partition coefficient (Wildman–Crippen LogP) is 3.25. The van der Waals surface area contributed by atoms with Crippen molar-refractivity contribution in [3.05, 3.63) is 58.1 Å². The van der Waals surface area contributed by atoms with Gasteiger partial charge in [-0.25, -0.2) is 8.78 Å². The normalized spacial score (nSPS) is 22.0. The SMILES string of the molecule is COc1cc(F)c([C@@H]2CNC(=O)[C@H]2NC(O)NC2(c3ccc(Cl)c(OC(F)(F)F)c3)CC2)c(F)c1. The quantitative estimate of drug-likeness (QED) is 0.315. The van der Waals surface area contributed by atoms with E-state index in [-0.39, 0.29) is 22.9 Å². The Morgan fingerprint density at radius 1 is 1.20 bits per heavy atom. The van der Waals surface area contributed by atoms with Crippen LogP contribution in [-0.2, 0) is 10.3 Å². The van der Waals surface area contributed by atoms with E-state index in [0.717, 1.165) is 18.2 Å². The number of aliphatic hydroxyl groups excluding tert-OH is 1. The first-order valence-electron chi connectivity index (χ1n) is 10.5. The highest BCUT2D eigenvalue weighted by molar-refractivity contribution is 6.32. The van der Waals surface area contributed by atoms with Crippen molar-refractivity contribution in [1.29, 1.82) is 0 Å². The number of ether oxygens (including phenoxy) is 2. The fourth-order valence-electron chi connectivity index (χ4n) is 4.23. The van der Waals surface area contributed by atoms with E-state index in [2.05, 4.69) is 20.7 Å². The third-order valence-electron chi connectivity index (χ3n) is 6.05. The van der Waals surface area contributed by atoms with Gasteiger partial charge < -0.3 is 19.9 Å². The molecule has 190 valence electrons. The fraction of sp³-hybridized carbons (Fsp3) is 0.409. The first-order chi connectivity index (χ1) is 16.4. The summed E-state index contributed by atoms with van der Waals surface area (Å²) in [5.74, 6) is -4.00. The Hall–Kier alpha value is -2.67. The van der Waals surface area contributed by atoms with Crippen LogP contribution in [0.2, 0.25) is 5.02 Å². The molecule has 4 rings (SSSR count). The first-order valence-corrected chi connectivity index (χ1v) is 10.9. The van der Waals surface area contributed by atoms with Crippen molar-refractivity contribution >= 4 is 17.5 Å². The molecule has 3 atom stereocenters. The van der Waals surface area contributed by atoms with E-state index in [1.165, 1.54) is 19.2 Å². The third-order valence-corrected chi connectivity index (χ3v) is 6.36. The van der Waals surface area contributed by atoms with Crippen molar-refractivity contribution in [2.24, 2.45) is 0 Å². The highest BCUT2D eigenvalue weighted by Crippen LogP contribution is 2.47. The van der Waals surface area contributed by atoms with E-state index in [9.17, 15) is 31.9 Å². The van der Waals surface area contributed by atoms with Gasteiger partial charge in [0.25, 0.3) is 0 Å². The second kappa shape index (κ2) is 9.41. The Labute approximate surface area is 201 Å². The van der Waals surface area contributed by atoms with Gasteiger partial charge in [-0.3, -0.25) is 15.4 Å². The Morgan fingerprint density at radius 2 is 1.86 bits per heavy atom. The smallest absolute Gasteiger partial charge is 0.497 e. The molecule has 1 aliphatic heterocycles. The van der Waals surface area contributed by atoms with E-state index in [4.69, 9.17) is 16.3 Å². The van der Waals surface area contributed by atoms with Crippen molar-refractivity contribution in [2.75, 3.05) is 13.7 Å².